The van der Waals surface area contributed by atoms with Crippen LogP contribution in [0.1, 0.15) is 15.9 Å². The number of phenols is 1. The number of halogens is 1. The second kappa shape index (κ2) is 11.9. The van der Waals surface area contributed by atoms with Gasteiger partial charge in [0.05, 0.1) is 29.7 Å². The van der Waals surface area contributed by atoms with Gasteiger partial charge in [-0.1, -0.05) is 12.1 Å². The summed E-state index contributed by atoms with van der Waals surface area (Å²) in [7, 11) is 3.00. The Hall–Kier alpha value is -3.80. The van der Waals surface area contributed by atoms with Crippen LogP contribution in [0.3, 0.4) is 0 Å². The minimum Gasteiger partial charge on any atom is -0.507 e. The molecule has 0 aliphatic heterocycles. The highest BCUT2D eigenvalue weighted by molar-refractivity contribution is 14.1. The molecule has 34 heavy (non-hydrogen) atoms. The number of benzene rings is 3. The number of nitrogens with zero attached hydrogens (tertiary/aromatic N) is 1. The van der Waals surface area contributed by atoms with Crippen LogP contribution < -0.4 is 25.0 Å². The fourth-order valence-electron chi connectivity index (χ4n) is 2.85. The molecule has 3 N–H and O–H groups in total. The van der Waals surface area contributed by atoms with Crippen LogP contribution in [0.4, 0.5) is 5.69 Å². The maximum Gasteiger partial charge on any atom is 0.271 e. The van der Waals surface area contributed by atoms with E-state index in [4.69, 9.17) is 14.2 Å². The first-order chi connectivity index (χ1) is 16.4. The zero-order valence-corrected chi connectivity index (χ0v) is 20.5. The van der Waals surface area contributed by atoms with Gasteiger partial charge in [0, 0.05) is 5.56 Å². The van der Waals surface area contributed by atoms with Gasteiger partial charge in [0.15, 0.2) is 18.1 Å². The third kappa shape index (κ3) is 6.61. The molecule has 10 heteroatoms. The number of anilines is 1. The molecule has 0 radical (unpaired) electrons. The number of nitrogens with one attached hydrogen (secondary N) is 2. The number of aromatic hydroxyl groups is 1. The van der Waals surface area contributed by atoms with Crippen LogP contribution in [0.5, 0.6) is 23.0 Å². The zero-order valence-electron chi connectivity index (χ0n) is 18.4. The molecule has 0 saturated carbocycles. The Kier molecular flexibility index (Phi) is 8.68. The van der Waals surface area contributed by atoms with E-state index in [0.29, 0.717) is 32.1 Å². The molecule has 0 aliphatic rings. The Morgan fingerprint density at radius 2 is 1.76 bits per heavy atom. The summed E-state index contributed by atoms with van der Waals surface area (Å²) in [5, 5.41) is 16.4. The van der Waals surface area contributed by atoms with Crippen molar-refractivity contribution < 1.29 is 28.9 Å². The number of ether oxygens (including phenoxy) is 3. The summed E-state index contributed by atoms with van der Waals surface area (Å²) in [6.45, 7) is -0.235. The molecule has 0 spiro atoms. The Morgan fingerprint density at radius 1 is 1.00 bits per heavy atom. The summed E-state index contributed by atoms with van der Waals surface area (Å²) in [6.07, 6.45) is 1.44. The summed E-state index contributed by atoms with van der Waals surface area (Å²) in [5.41, 5.74) is 3.85. The summed E-state index contributed by atoms with van der Waals surface area (Å²) >= 11 is 1.97. The lowest BCUT2D eigenvalue weighted by Crippen LogP contribution is -2.20. The number of hydrogen-bond donors (Lipinski definition) is 3. The largest absolute Gasteiger partial charge is 0.507 e. The monoisotopic (exact) mass is 575 g/mol. The van der Waals surface area contributed by atoms with Gasteiger partial charge < -0.3 is 24.6 Å². The van der Waals surface area contributed by atoms with Crippen LogP contribution in [0.25, 0.3) is 0 Å². The lowest BCUT2D eigenvalue weighted by molar-refractivity contribution is -0.118. The molecule has 2 amide bonds. The standard InChI is InChI=1S/C24H22IN3O6/c1-32-20-6-4-3-5-18(20)27-23(30)14-34-21-10-7-15(11-22(21)33-2)13-26-28-24(31)16-8-9-17(25)19(29)12-16/h3-13,29H,14H2,1-2H3,(H,27,30)(H,28,31)/b26-13-. The number of hydrogen-bond acceptors (Lipinski definition) is 7. The maximum atomic E-state index is 12.3. The number of hydrazone groups is 1. The quantitative estimate of drug-likeness (QED) is 0.203. The highest BCUT2D eigenvalue weighted by atomic mass is 127. The van der Waals surface area contributed by atoms with Gasteiger partial charge in [-0.2, -0.15) is 5.10 Å². The second-order valence-corrected chi connectivity index (χ2v) is 7.97. The van der Waals surface area contributed by atoms with E-state index < -0.39 is 5.91 Å². The van der Waals surface area contributed by atoms with E-state index in [9.17, 15) is 14.7 Å². The molecular formula is C24H22IN3O6. The Labute approximate surface area is 209 Å². The average Bonchev–Trinajstić information content (AvgIpc) is 2.85. The van der Waals surface area contributed by atoms with Crippen molar-refractivity contribution in [1.82, 2.24) is 5.43 Å². The van der Waals surface area contributed by atoms with Crippen LogP contribution in [-0.4, -0.2) is 44.0 Å². The van der Waals surface area contributed by atoms with Crippen molar-refractivity contribution in [3.8, 4) is 23.0 Å². The van der Waals surface area contributed by atoms with Crippen LogP contribution in [-0.2, 0) is 4.79 Å². The van der Waals surface area contributed by atoms with Gasteiger partial charge in [0.1, 0.15) is 11.5 Å². The predicted octanol–water partition coefficient (Wildman–Crippen LogP) is 3.80. The van der Waals surface area contributed by atoms with Crippen molar-refractivity contribution in [2.24, 2.45) is 5.10 Å². The van der Waals surface area contributed by atoms with Gasteiger partial charge in [-0.15, -0.1) is 0 Å². The molecule has 3 aromatic rings. The molecule has 0 aromatic heterocycles. The van der Waals surface area contributed by atoms with E-state index in [1.54, 1.807) is 54.6 Å². The number of rotatable bonds is 9. The highest BCUT2D eigenvalue weighted by Gasteiger charge is 2.11. The Bertz CT molecular complexity index is 1220. The molecule has 0 bridgehead atoms. The summed E-state index contributed by atoms with van der Waals surface area (Å²) < 4.78 is 16.8. The van der Waals surface area contributed by atoms with Gasteiger partial charge in [0.2, 0.25) is 0 Å². The second-order valence-electron chi connectivity index (χ2n) is 6.81. The first kappa shape index (κ1) is 24.8. The van der Waals surface area contributed by atoms with Gasteiger partial charge in [-0.25, -0.2) is 5.43 Å². The van der Waals surface area contributed by atoms with E-state index in [1.165, 1.54) is 26.5 Å². The minimum atomic E-state index is -0.462. The highest BCUT2D eigenvalue weighted by Crippen LogP contribution is 2.28. The molecule has 3 rings (SSSR count). The number of carbonyl (C=O) groups is 2. The molecular weight excluding hydrogens is 553 g/mol. The Morgan fingerprint density at radius 3 is 2.50 bits per heavy atom. The molecule has 0 atom stereocenters. The summed E-state index contributed by atoms with van der Waals surface area (Å²) in [5.74, 6) is 0.505. The fraction of sp³-hybridized carbons (Fsp3) is 0.125. The molecule has 176 valence electrons. The van der Waals surface area contributed by atoms with Crippen molar-refractivity contribution in [1.29, 1.82) is 0 Å². The molecule has 0 saturated heterocycles. The van der Waals surface area contributed by atoms with E-state index in [-0.39, 0.29) is 23.8 Å². The van der Waals surface area contributed by atoms with Gasteiger partial charge >= 0.3 is 0 Å². The van der Waals surface area contributed by atoms with Crippen molar-refractivity contribution in [3.05, 3.63) is 75.4 Å². The van der Waals surface area contributed by atoms with Crippen molar-refractivity contribution >= 4 is 46.3 Å². The summed E-state index contributed by atoms with van der Waals surface area (Å²) in [4.78, 5) is 24.4. The van der Waals surface area contributed by atoms with E-state index in [2.05, 4.69) is 15.8 Å². The first-order valence-corrected chi connectivity index (χ1v) is 11.0. The average molecular weight is 575 g/mol. The van der Waals surface area contributed by atoms with Crippen molar-refractivity contribution in [2.75, 3.05) is 26.1 Å². The van der Waals surface area contributed by atoms with Crippen molar-refractivity contribution in [2.45, 2.75) is 0 Å². The zero-order chi connectivity index (χ0) is 24.5. The topological polar surface area (TPSA) is 118 Å². The third-order valence-corrected chi connectivity index (χ3v) is 5.43. The maximum absolute atomic E-state index is 12.3. The first-order valence-electron chi connectivity index (χ1n) is 9.97. The molecule has 0 aliphatic carbocycles. The number of amides is 2. The smallest absolute Gasteiger partial charge is 0.271 e. The molecule has 0 heterocycles. The molecule has 0 unspecified atom stereocenters. The van der Waals surface area contributed by atoms with Gasteiger partial charge in [0.25, 0.3) is 11.8 Å². The predicted molar refractivity (Wildman–Crippen MR) is 136 cm³/mol. The van der Waals surface area contributed by atoms with Gasteiger partial charge in [-0.3, -0.25) is 9.59 Å². The number of carbonyl (C=O) groups excluding carboxylic acids is 2. The number of para-hydroxylation sites is 2. The van der Waals surface area contributed by atoms with Gasteiger partial charge in [-0.05, 0) is 76.7 Å². The van der Waals surface area contributed by atoms with E-state index >= 15 is 0 Å². The van der Waals surface area contributed by atoms with E-state index in [0.717, 1.165) is 0 Å². The number of phenolic OH excluding ortho intramolecular Hbond substituents is 1. The van der Waals surface area contributed by atoms with E-state index in [1.807, 2.05) is 22.6 Å². The van der Waals surface area contributed by atoms with Crippen LogP contribution in [0.2, 0.25) is 0 Å². The molecule has 0 fully saturated rings. The lowest BCUT2D eigenvalue weighted by atomic mass is 10.2. The molecule has 3 aromatic carbocycles. The van der Waals surface area contributed by atoms with Crippen LogP contribution in [0.15, 0.2) is 65.8 Å². The third-order valence-electron chi connectivity index (χ3n) is 4.52. The normalized spacial score (nSPS) is 10.6. The van der Waals surface area contributed by atoms with Crippen LogP contribution >= 0.6 is 22.6 Å². The molecule has 9 nitrogen and oxygen atoms in total. The van der Waals surface area contributed by atoms with Crippen molar-refractivity contribution in [3.63, 3.8) is 0 Å². The lowest BCUT2D eigenvalue weighted by Gasteiger charge is -2.12. The SMILES string of the molecule is COc1ccccc1NC(=O)COc1ccc(/C=N\NC(=O)c2ccc(I)c(O)c2)cc1OC. The minimum absolute atomic E-state index is 0.0224. The summed E-state index contributed by atoms with van der Waals surface area (Å²) in [6, 6.07) is 16.6. The number of methoxy groups -OCH3 is 2. The Balaban J connectivity index is 1.58. The fourth-order valence-corrected chi connectivity index (χ4v) is 3.18. The van der Waals surface area contributed by atoms with Crippen LogP contribution in [0, 0.1) is 3.57 Å².